The molecule has 1 saturated heterocycles. The third-order valence-electron chi connectivity index (χ3n) is 3.38. The van der Waals surface area contributed by atoms with Gasteiger partial charge in [0, 0.05) is 6.42 Å². The zero-order valence-corrected chi connectivity index (χ0v) is 11.6. The third kappa shape index (κ3) is 1.70. The minimum Gasteiger partial charge on any atom is -0.462 e. The molecule has 3 aromatic rings. The number of hydrogen-bond acceptors (Lipinski definition) is 5. The van der Waals surface area contributed by atoms with Gasteiger partial charge in [-0.1, -0.05) is 23.9 Å². The van der Waals surface area contributed by atoms with Crippen molar-refractivity contribution in [3.05, 3.63) is 24.3 Å². The number of benzene rings is 1. The van der Waals surface area contributed by atoms with Crippen molar-refractivity contribution in [3.8, 4) is 0 Å². The summed E-state index contributed by atoms with van der Waals surface area (Å²) in [7, 11) is 0. The first kappa shape index (κ1) is 11.8. The van der Waals surface area contributed by atoms with Gasteiger partial charge >= 0.3 is 5.97 Å². The Balaban J connectivity index is 1.78. The molecule has 0 spiro atoms. The highest BCUT2D eigenvalue weighted by Crippen LogP contribution is 2.32. The maximum Gasteiger partial charge on any atom is 0.319 e. The van der Waals surface area contributed by atoms with Crippen molar-refractivity contribution in [1.29, 1.82) is 0 Å². The fourth-order valence-corrected chi connectivity index (χ4v) is 3.63. The summed E-state index contributed by atoms with van der Waals surface area (Å²) in [6.07, 6.45) is 0.693. The standard InChI is InChI=1S/C13H12N4O2S/c1-7-6-10(11(18)19-7)20-13-16-15-12-14-8-4-2-3-5-9(8)17(12)13/h2-5,7,10H,6H2,1H3,(H,14,15). The lowest BCUT2D eigenvalue weighted by atomic mass is 10.3. The quantitative estimate of drug-likeness (QED) is 0.730. The van der Waals surface area contributed by atoms with E-state index in [2.05, 4.69) is 15.2 Å². The van der Waals surface area contributed by atoms with Gasteiger partial charge in [0.15, 0.2) is 5.16 Å². The molecule has 2 aromatic heterocycles. The number of carbonyl (C=O) groups is 1. The van der Waals surface area contributed by atoms with Crippen molar-refractivity contribution in [3.63, 3.8) is 0 Å². The van der Waals surface area contributed by atoms with Crippen molar-refractivity contribution < 1.29 is 9.53 Å². The number of aromatic nitrogens is 4. The van der Waals surface area contributed by atoms with E-state index in [1.165, 1.54) is 11.8 Å². The summed E-state index contributed by atoms with van der Waals surface area (Å²) in [6, 6.07) is 7.86. The molecular weight excluding hydrogens is 276 g/mol. The van der Waals surface area contributed by atoms with E-state index in [1.54, 1.807) is 0 Å². The third-order valence-corrected chi connectivity index (χ3v) is 4.53. The molecule has 1 N–H and O–H groups in total. The van der Waals surface area contributed by atoms with Gasteiger partial charge in [-0.2, -0.15) is 0 Å². The number of thioether (sulfide) groups is 1. The van der Waals surface area contributed by atoms with Gasteiger partial charge in [-0.05, 0) is 19.1 Å². The smallest absolute Gasteiger partial charge is 0.319 e. The number of nitrogens with zero attached hydrogens (tertiary/aromatic N) is 3. The van der Waals surface area contributed by atoms with E-state index in [-0.39, 0.29) is 17.3 Å². The number of rotatable bonds is 2. The number of para-hydroxylation sites is 2. The SMILES string of the molecule is CC1CC(Sc2n[nH]c3nc4ccccc4n23)C(=O)O1. The van der Waals surface area contributed by atoms with Gasteiger partial charge in [-0.15, -0.1) is 5.10 Å². The summed E-state index contributed by atoms with van der Waals surface area (Å²) in [4.78, 5) is 16.2. The van der Waals surface area contributed by atoms with E-state index in [9.17, 15) is 4.79 Å². The molecule has 102 valence electrons. The van der Waals surface area contributed by atoms with Crippen LogP contribution in [0.3, 0.4) is 0 Å². The normalized spacial score (nSPS) is 22.8. The maximum atomic E-state index is 11.7. The summed E-state index contributed by atoms with van der Waals surface area (Å²) in [5, 5.41) is 7.71. The van der Waals surface area contributed by atoms with Crippen molar-refractivity contribution in [2.24, 2.45) is 0 Å². The van der Waals surface area contributed by atoms with E-state index in [4.69, 9.17) is 4.74 Å². The van der Waals surface area contributed by atoms with Crippen LogP contribution in [0.5, 0.6) is 0 Å². The Kier molecular flexibility index (Phi) is 2.50. The maximum absolute atomic E-state index is 11.7. The number of esters is 1. The molecule has 20 heavy (non-hydrogen) atoms. The number of nitrogens with one attached hydrogen (secondary N) is 1. The molecule has 0 aliphatic carbocycles. The van der Waals surface area contributed by atoms with Gasteiger partial charge < -0.3 is 4.74 Å². The minimum atomic E-state index is -0.197. The largest absolute Gasteiger partial charge is 0.462 e. The Hall–Kier alpha value is -2.02. The fourth-order valence-electron chi connectivity index (χ4n) is 2.46. The number of aromatic amines is 1. The van der Waals surface area contributed by atoms with Crippen molar-refractivity contribution in [2.75, 3.05) is 0 Å². The van der Waals surface area contributed by atoms with Gasteiger partial charge in [0.25, 0.3) is 0 Å². The number of fused-ring (bicyclic) bond motifs is 3. The minimum absolute atomic E-state index is 0.0195. The molecule has 2 unspecified atom stereocenters. The molecule has 2 atom stereocenters. The second-order valence-corrected chi connectivity index (χ2v) is 6.03. The Morgan fingerprint density at radius 3 is 3.10 bits per heavy atom. The topological polar surface area (TPSA) is 72.3 Å². The lowest BCUT2D eigenvalue weighted by molar-refractivity contribution is -0.140. The molecular formula is C13H12N4O2S. The second kappa shape index (κ2) is 4.24. The predicted octanol–water partition coefficient (Wildman–Crippen LogP) is 2.01. The zero-order chi connectivity index (χ0) is 13.7. The number of ether oxygens (including phenoxy) is 1. The summed E-state index contributed by atoms with van der Waals surface area (Å²) < 4.78 is 7.12. The number of carbonyl (C=O) groups excluding carboxylic acids is 1. The van der Waals surface area contributed by atoms with E-state index in [0.717, 1.165) is 16.2 Å². The van der Waals surface area contributed by atoms with Gasteiger partial charge in [-0.25, -0.2) is 10.1 Å². The van der Waals surface area contributed by atoms with Crippen LogP contribution in [0.1, 0.15) is 13.3 Å². The summed E-state index contributed by atoms with van der Waals surface area (Å²) >= 11 is 1.42. The van der Waals surface area contributed by atoms with E-state index in [1.807, 2.05) is 35.6 Å². The van der Waals surface area contributed by atoms with Crippen molar-refractivity contribution >= 4 is 34.5 Å². The van der Waals surface area contributed by atoms with Crippen molar-refractivity contribution in [1.82, 2.24) is 19.6 Å². The monoisotopic (exact) mass is 288 g/mol. The van der Waals surface area contributed by atoms with E-state index >= 15 is 0 Å². The molecule has 1 aliphatic heterocycles. The highest BCUT2D eigenvalue weighted by atomic mass is 32.2. The molecule has 1 aromatic carbocycles. The molecule has 1 aliphatic rings. The van der Waals surface area contributed by atoms with E-state index < -0.39 is 0 Å². The molecule has 0 amide bonds. The predicted molar refractivity (Wildman–Crippen MR) is 74.7 cm³/mol. The molecule has 4 rings (SSSR count). The average molecular weight is 288 g/mol. The number of hydrogen-bond donors (Lipinski definition) is 1. The Bertz CT molecular complexity index is 809. The highest BCUT2D eigenvalue weighted by Gasteiger charge is 2.34. The molecule has 1 fully saturated rings. The summed E-state index contributed by atoms with van der Waals surface area (Å²) in [5.41, 5.74) is 1.89. The lowest BCUT2D eigenvalue weighted by Gasteiger charge is -2.02. The van der Waals surface area contributed by atoms with Crippen LogP contribution >= 0.6 is 11.8 Å². The average Bonchev–Trinajstić information content (AvgIpc) is 3.05. The number of H-pyrrole nitrogens is 1. The number of cyclic esters (lactones) is 1. The van der Waals surface area contributed by atoms with Crippen LogP contribution < -0.4 is 0 Å². The van der Waals surface area contributed by atoms with Crippen LogP contribution in [0.25, 0.3) is 16.8 Å². The van der Waals surface area contributed by atoms with Gasteiger partial charge in [0.05, 0.1) is 11.0 Å². The van der Waals surface area contributed by atoms with E-state index in [0.29, 0.717) is 12.2 Å². The first-order chi connectivity index (χ1) is 9.72. The Morgan fingerprint density at radius 1 is 1.45 bits per heavy atom. The van der Waals surface area contributed by atoms with Gasteiger partial charge in [0.2, 0.25) is 5.78 Å². The second-order valence-electron chi connectivity index (χ2n) is 4.86. The van der Waals surface area contributed by atoms with Gasteiger partial charge in [0.1, 0.15) is 11.4 Å². The molecule has 0 radical (unpaired) electrons. The number of imidazole rings is 1. The first-order valence-electron chi connectivity index (χ1n) is 6.41. The Labute approximate surface area is 118 Å². The summed E-state index contributed by atoms with van der Waals surface area (Å²) in [5.74, 6) is 0.524. The molecule has 6 nitrogen and oxygen atoms in total. The van der Waals surface area contributed by atoms with Gasteiger partial charge in [-0.3, -0.25) is 9.20 Å². The molecule has 3 heterocycles. The van der Waals surface area contributed by atoms with Crippen LogP contribution in [0, 0.1) is 0 Å². The van der Waals surface area contributed by atoms with Crippen LogP contribution in [-0.4, -0.2) is 36.9 Å². The molecule has 0 bridgehead atoms. The Morgan fingerprint density at radius 2 is 2.30 bits per heavy atom. The highest BCUT2D eigenvalue weighted by molar-refractivity contribution is 8.00. The van der Waals surface area contributed by atoms with Crippen LogP contribution in [-0.2, 0) is 9.53 Å². The fraction of sp³-hybridized carbons (Fsp3) is 0.308. The summed E-state index contributed by atoms with van der Waals surface area (Å²) in [6.45, 7) is 1.91. The van der Waals surface area contributed by atoms with Crippen LogP contribution in [0.4, 0.5) is 0 Å². The zero-order valence-electron chi connectivity index (χ0n) is 10.7. The molecule has 7 heteroatoms. The first-order valence-corrected chi connectivity index (χ1v) is 7.29. The van der Waals surface area contributed by atoms with Crippen LogP contribution in [0.2, 0.25) is 0 Å². The lowest BCUT2D eigenvalue weighted by Crippen LogP contribution is -2.10. The van der Waals surface area contributed by atoms with Crippen molar-refractivity contribution in [2.45, 2.75) is 29.9 Å². The molecule has 0 saturated carbocycles. The van der Waals surface area contributed by atoms with Crippen LogP contribution in [0.15, 0.2) is 29.4 Å².